The fraction of sp³-hybridized carbons (Fsp3) is 0.250. The predicted octanol–water partition coefficient (Wildman–Crippen LogP) is 2.11. The maximum Gasteiger partial charge on any atom is 0.0955 e. The van der Waals surface area contributed by atoms with Crippen molar-refractivity contribution < 1.29 is 0 Å². The largest absolute Gasteiger partial charge is 0.378 e. The molecule has 0 bridgehead atoms. The van der Waals surface area contributed by atoms with E-state index >= 15 is 0 Å². The van der Waals surface area contributed by atoms with Crippen molar-refractivity contribution in [1.29, 1.82) is 0 Å². The van der Waals surface area contributed by atoms with Crippen molar-refractivity contribution in [3.8, 4) is 0 Å². The maximum absolute atomic E-state index is 4.32. The Morgan fingerprint density at radius 2 is 2.13 bits per heavy atom. The highest BCUT2D eigenvalue weighted by molar-refractivity contribution is 5.80. The molecule has 15 heavy (non-hydrogen) atoms. The van der Waals surface area contributed by atoms with Crippen LogP contribution in [0.5, 0.6) is 0 Å². The molecule has 0 radical (unpaired) electrons. The van der Waals surface area contributed by atoms with E-state index in [4.69, 9.17) is 0 Å². The van der Waals surface area contributed by atoms with Gasteiger partial charge in [-0.05, 0) is 17.7 Å². The van der Waals surface area contributed by atoms with Gasteiger partial charge >= 0.3 is 0 Å². The van der Waals surface area contributed by atoms with Crippen molar-refractivity contribution in [2.24, 2.45) is 7.05 Å². The highest BCUT2D eigenvalue weighted by Crippen LogP contribution is 2.19. The molecule has 3 heteroatoms. The van der Waals surface area contributed by atoms with Gasteiger partial charge in [-0.1, -0.05) is 12.6 Å². The van der Waals surface area contributed by atoms with E-state index in [0.29, 0.717) is 0 Å². The molecule has 0 atom stereocenters. The van der Waals surface area contributed by atoms with Crippen LogP contribution in [0.3, 0.4) is 0 Å². The zero-order chi connectivity index (χ0) is 11.0. The van der Waals surface area contributed by atoms with Gasteiger partial charge in [-0.2, -0.15) is 0 Å². The third-order valence-corrected chi connectivity index (χ3v) is 2.60. The Balaban J connectivity index is 2.52. The summed E-state index contributed by atoms with van der Waals surface area (Å²) in [5.41, 5.74) is 4.28. The Morgan fingerprint density at radius 3 is 2.80 bits per heavy atom. The van der Waals surface area contributed by atoms with Crippen LogP contribution < -0.4 is 0 Å². The van der Waals surface area contributed by atoms with Gasteiger partial charge in [-0.15, -0.1) is 0 Å². The topological polar surface area (TPSA) is 21.1 Å². The van der Waals surface area contributed by atoms with E-state index in [1.807, 2.05) is 36.9 Å². The highest BCUT2D eigenvalue weighted by Gasteiger charge is 2.04. The zero-order valence-corrected chi connectivity index (χ0v) is 9.36. The molecule has 0 saturated heterocycles. The summed E-state index contributed by atoms with van der Waals surface area (Å²) in [6, 6.07) is 6.22. The van der Waals surface area contributed by atoms with E-state index in [-0.39, 0.29) is 0 Å². The average Bonchev–Trinajstić information content (AvgIpc) is 2.59. The number of aromatic nitrogens is 2. The van der Waals surface area contributed by atoms with Crippen molar-refractivity contribution in [2.75, 3.05) is 14.1 Å². The second-order valence-corrected chi connectivity index (χ2v) is 3.90. The van der Waals surface area contributed by atoms with Crippen LogP contribution in [0.25, 0.3) is 16.7 Å². The number of nitrogens with zero attached hydrogens (tertiary/aromatic N) is 3. The summed E-state index contributed by atoms with van der Waals surface area (Å²) < 4.78 is 2.01. The van der Waals surface area contributed by atoms with Crippen LogP contribution in [-0.4, -0.2) is 28.5 Å². The van der Waals surface area contributed by atoms with Gasteiger partial charge in [-0.25, -0.2) is 4.98 Å². The SMILES string of the molecule is C=C(c1ccc2c(c1)ncn2C)N(C)C. The van der Waals surface area contributed by atoms with E-state index < -0.39 is 0 Å². The lowest BCUT2D eigenvalue weighted by atomic mass is 10.1. The highest BCUT2D eigenvalue weighted by atomic mass is 15.1. The molecule has 1 aromatic carbocycles. The van der Waals surface area contributed by atoms with E-state index in [9.17, 15) is 0 Å². The summed E-state index contributed by atoms with van der Waals surface area (Å²) in [4.78, 5) is 6.33. The van der Waals surface area contributed by atoms with Crippen molar-refractivity contribution in [1.82, 2.24) is 14.5 Å². The van der Waals surface area contributed by atoms with E-state index in [2.05, 4.69) is 29.8 Å². The molecule has 1 heterocycles. The number of fused-ring (bicyclic) bond motifs is 1. The smallest absolute Gasteiger partial charge is 0.0955 e. The second kappa shape index (κ2) is 3.42. The molecule has 0 aliphatic carbocycles. The van der Waals surface area contributed by atoms with E-state index in [1.165, 1.54) is 0 Å². The molecule has 0 fully saturated rings. The summed E-state index contributed by atoms with van der Waals surface area (Å²) in [7, 11) is 5.98. The molecule has 2 rings (SSSR count). The van der Waals surface area contributed by atoms with Gasteiger partial charge in [0.25, 0.3) is 0 Å². The van der Waals surface area contributed by atoms with Crippen molar-refractivity contribution >= 4 is 16.7 Å². The van der Waals surface area contributed by atoms with Crippen molar-refractivity contribution in [3.63, 3.8) is 0 Å². The van der Waals surface area contributed by atoms with Gasteiger partial charge in [0.1, 0.15) is 0 Å². The van der Waals surface area contributed by atoms with Gasteiger partial charge in [0, 0.05) is 26.8 Å². The molecule has 0 saturated carbocycles. The van der Waals surface area contributed by atoms with Crippen molar-refractivity contribution in [2.45, 2.75) is 0 Å². The minimum atomic E-state index is 1.00. The number of hydrogen-bond acceptors (Lipinski definition) is 2. The van der Waals surface area contributed by atoms with Gasteiger partial charge in [-0.3, -0.25) is 0 Å². The van der Waals surface area contributed by atoms with Crippen LogP contribution in [-0.2, 0) is 7.05 Å². The number of rotatable bonds is 2. The lowest BCUT2D eigenvalue weighted by Crippen LogP contribution is -2.08. The van der Waals surface area contributed by atoms with Gasteiger partial charge in [0.2, 0.25) is 0 Å². The summed E-state index contributed by atoms with van der Waals surface area (Å²) in [5, 5.41) is 0. The molecule has 0 amide bonds. The Kier molecular flexibility index (Phi) is 2.23. The van der Waals surface area contributed by atoms with Crippen LogP contribution in [0.4, 0.5) is 0 Å². The molecule has 0 aliphatic heterocycles. The van der Waals surface area contributed by atoms with Crippen LogP contribution in [0.15, 0.2) is 31.1 Å². The first kappa shape index (κ1) is 9.77. The number of benzene rings is 1. The van der Waals surface area contributed by atoms with Crippen molar-refractivity contribution in [3.05, 3.63) is 36.7 Å². The number of aryl methyl sites for hydroxylation is 1. The lowest BCUT2D eigenvalue weighted by molar-refractivity contribution is 0.593. The van der Waals surface area contributed by atoms with Gasteiger partial charge in [0.05, 0.1) is 17.4 Å². The first-order valence-corrected chi connectivity index (χ1v) is 4.87. The van der Waals surface area contributed by atoms with E-state index in [0.717, 1.165) is 22.3 Å². The first-order chi connectivity index (χ1) is 7.09. The lowest BCUT2D eigenvalue weighted by Gasteiger charge is -2.15. The Morgan fingerprint density at radius 1 is 1.40 bits per heavy atom. The second-order valence-electron chi connectivity index (χ2n) is 3.90. The fourth-order valence-corrected chi connectivity index (χ4v) is 1.57. The molecule has 0 N–H and O–H groups in total. The van der Waals surface area contributed by atoms with Crippen LogP contribution in [0, 0.1) is 0 Å². The fourth-order valence-electron chi connectivity index (χ4n) is 1.57. The van der Waals surface area contributed by atoms with Gasteiger partial charge < -0.3 is 9.47 Å². The van der Waals surface area contributed by atoms with Crippen LogP contribution >= 0.6 is 0 Å². The summed E-state index contributed by atoms with van der Waals surface area (Å²) in [6.07, 6.45) is 1.83. The molecule has 2 aromatic rings. The average molecular weight is 201 g/mol. The summed E-state index contributed by atoms with van der Waals surface area (Å²) in [6.45, 7) is 4.03. The number of hydrogen-bond donors (Lipinski definition) is 0. The molecule has 1 aromatic heterocycles. The summed E-state index contributed by atoms with van der Waals surface area (Å²) in [5.74, 6) is 0. The first-order valence-electron chi connectivity index (χ1n) is 4.87. The zero-order valence-electron chi connectivity index (χ0n) is 9.36. The Bertz CT molecular complexity index is 509. The molecular weight excluding hydrogens is 186 g/mol. The monoisotopic (exact) mass is 201 g/mol. The Hall–Kier alpha value is -1.77. The normalized spacial score (nSPS) is 10.6. The van der Waals surface area contributed by atoms with E-state index in [1.54, 1.807) is 0 Å². The molecular formula is C12H15N3. The molecule has 78 valence electrons. The minimum absolute atomic E-state index is 1.00. The third kappa shape index (κ3) is 1.61. The molecule has 3 nitrogen and oxygen atoms in total. The Labute approximate surface area is 89.6 Å². The minimum Gasteiger partial charge on any atom is -0.378 e. The third-order valence-electron chi connectivity index (χ3n) is 2.60. The van der Waals surface area contributed by atoms with Gasteiger partial charge in [0.15, 0.2) is 0 Å². The number of imidazole rings is 1. The quantitative estimate of drug-likeness (QED) is 0.742. The van der Waals surface area contributed by atoms with Crippen LogP contribution in [0.2, 0.25) is 0 Å². The predicted molar refractivity (Wildman–Crippen MR) is 63.4 cm³/mol. The summed E-state index contributed by atoms with van der Waals surface area (Å²) >= 11 is 0. The van der Waals surface area contributed by atoms with Crippen LogP contribution in [0.1, 0.15) is 5.56 Å². The molecule has 0 aliphatic rings. The molecule has 0 spiro atoms. The molecule has 0 unspecified atom stereocenters. The standard InChI is InChI=1S/C12H15N3/c1-9(14(2)3)10-5-6-12-11(7-10)13-8-15(12)4/h5-8H,1H2,2-4H3. The maximum atomic E-state index is 4.32.